The molecule has 2 heterocycles. The molecule has 4 rings (SSSR count). The highest BCUT2D eigenvalue weighted by Crippen LogP contribution is 2.37. The Labute approximate surface area is 176 Å². The first kappa shape index (κ1) is 20.2. The van der Waals surface area contributed by atoms with Gasteiger partial charge in [-0.25, -0.2) is 4.98 Å². The largest absolute Gasteiger partial charge is 0.494 e. The molecule has 0 saturated heterocycles. The van der Waals surface area contributed by atoms with Gasteiger partial charge in [0.15, 0.2) is 0 Å². The van der Waals surface area contributed by atoms with E-state index < -0.39 is 11.7 Å². The van der Waals surface area contributed by atoms with Gasteiger partial charge in [-0.2, -0.15) is 13.2 Å². The van der Waals surface area contributed by atoms with E-state index in [2.05, 4.69) is 9.97 Å². The molecular formula is C20H12ClF3N2O3S. The van der Waals surface area contributed by atoms with Crippen LogP contribution in [0.15, 0.2) is 53.5 Å². The minimum absolute atomic E-state index is 0.149. The summed E-state index contributed by atoms with van der Waals surface area (Å²) in [6.07, 6.45) is -3.58. The van der Waals surface area contributed by atoms with Crippen molar-refractivity contribution in [2.45, 2.75) is 12.6 Å². The van der Waals surface area contributed by atoms with Gasteiger partial charge in [-0.05, 0) is 23.1 Å². The number of alkyl halides is 3. The van der Waals surface area contributed by atoms with E-state index in [9.17, 15) is 23.1 Å². The van der Waals surface area contributed by atoms with Crippen molar-refractivity contribution in [3.8, 4) is 17.5 Å². The van der Waals surface area contributed by atoms with Crippen LogP contribution in [0, 0.1) is 0 Å². The summed E-state index contributed by atoms with van der Waals surface area (Å²) in [5.74, 6) is 0.0363. The van der Waals surface area contributed by atoms with Crippen LogP contribution in [0.5, 0.6) is 17.5 Å². The molecule has 0 radical (unpaired) electrons. The number of nitrogens with zero attached hydrogens (tertiary/aromatic N) is 1. The van der Waals surface area contributed by atoms with Gasteiger partial charge in [0.1, 0.15) is 10.8 Å². The van der Waals surface area contributed by atoms with Gasteiger partial charge in [0.25, 0.3) is 0 Å². The van der Waals surface area contributed by atoms with Gasteiger partial charge in [-0.3, -0.25) is 9.78 Å². The molecule has 10 heteroatoms. The zero-order valence-electron chi connectivity index (χ0n) is 15.0. The van der Waals surface area contributed by atoms with Crippen molar-refractivity contribution in [3.63, 3.8) is 0 Å². The standard InChI is InChI=1S/C20H12ClF3N2O3S/c21-14-8-11(20(22,23)24)9-25-18(14)29-15-6-5-10(12-3-1-2-4-13(12)15)7-16-17(27)26-19(28)30-16/h1-6,8-9,27H,7H2,(H,26,28). The zero-order chi connectivity index (χ0) is 21.5. The van der Waals surface area contributed by atoms with Crippen LogP contribution in [0.25, 0.3) is 10.8 Å². The Hall–Kier alpha value is -3.04. The molecule has 0 saturated carbocycles. The molecule has 5 nitrogen and oxygen atoms in total. The van der Waals surface area contributed by atoms with Gasteiger partial charge >= 0.3 is 11.0 Å². The number of fused-ring (bicyclic) bond motifs is 1. The number of aromatic nitrogens is 2. The molecule has 30 heavy (non-hydrogen) atoms. The molecule has 0 amide bonds. The quantitative estimate of drug-likeness (QED) is 0.413. The summed E-state index contributed by atoms with van der Waals surface area (Å²) in [6, 6.07) is 11.4. The average molecular weight is 453 g/mol. The minimum atomic E-state index is -4.56. The Morgan fingerprint density at radius 3 is 2.53 bits per heavy atom. The molecule has 2 aromatic carbocycles. The van der Waals surface area contributed by atoms with Crippen molar-refractivity contribution in [3.05, 3.63) is 79.4 Å². The van der Waals surface area contributed by atoms with Crippen LogP contribution in [0.4, 0.5) is 13.2 Å². The maximum atomic E-state index is 12.8. The number of aromatic hydroxyl groups is 1. The van der Waals surface area contributed by atoms with Crippen molar-refractivity contribution < 1.29 is 23.0 Å². The molecule has 0 unspecified atom stereocenters. The van der Waals surface area contributed by atoms with Crippen molar-refractivity contribution in [2.75, 3.05) is 0 Å². The highest BCUT2D eigenvalue weighted by atomic mass is 35.5. The summed E-state index contributed by atoms with van der Waals surface area (Å²) < 4.78 is 44.1. The number of hydrogen-bond donors (Lipinski definition) is 2. The van der Waals surface area contributed by atoms with Crippen LogP contribution in [0.2, 0.25) is 5.02 Å². The second kappa shape index (κ2) is 7.66. The van der Waals surface area contributed by atoms with E-state index in [4.69, 9.17) is 16.3 Å². The number of halogens is 4. The minimum Gasteiger partial charge on any atom is -0.494 e. The normalized spacial score (nSPS) is 11.7. The lowest BCUT2D eigenvalue weighted by Crippen LogP contribution is -2.05. The Balaban J connectivity index is 1.71. The number of nitrogens with one attached hydrogen (secondary N) is 1. The molecule has 0 fully saturated rings. The number of aromatic amines is 1. The first-order valence-electron chi connectivity index (χ1n) is 8.54. The van der Waals surface area contributed by atoms with Gasteiger partial charge in [-0.1, -0.05) is 53.3 Å². The summed E-state index contributed by atoms with van der Waals surface area (Å²) in [4.78, 5) is 17.6. The summed E-state index contributed by atoms with van der Waals surface area (Å²) in [5, 5.41) is 11.1. The fourth-order valence-electron chi connectivity index (χ4n) is 2.98. The predicted molar refractivity (Wildman–Crippen MR) is 108 cm³/mol. The maximum Gasteiger partial charge on any atom is 0.417 e. The van der Waals surface area contributed by atoms with Crippen LogP contribution in [0.1, 0.15) is 16.0 Å². The molecule has 154 valence electrons. The van der Waals surface area contributed by atoms with Gasteiger partial charge in [0, 0.05) is 18.0 Å². The van der Waals surface area contributed by atoms with E-state index >= 15 is 0 Å². The van der Waals surface area contributed by atoms with Gasteiger partial charge < -0.3 is 9.84 Å². The van der Waals surface area contributed by atoms with E-state index in [0.29, 0.717) is 28.6 Å². The lowest BCUT2D eigenvalue weighted by Gasteiger charge is -2.13. The first-order valence-corrected chi connectivity index (χ1v) is 9.74. The van der Waals surface area contributed by atoms with E-state index in [-0.39, 0.29) is 21.7 Å². The van der Waals surface area contributed by atoms with Crippen molar-refractivity contribution >= 4 is 33.7 Å². The first-order chi connectivity index (χ1) is 14.2. The third-order valence-corrected chi connectivity index (χ3v) is 5.51. The molecule has 0 aliphatic carbocycles. The highest BCUT2D eigenvalue weighted by molar-refractivity contribution is 7.09. The Bertz CT molecular complexity index is 1300. The lowest BCUT2D eigenvalue weighted by atomic mass is 10.0. The van der Waals surface area contributed by atoms with E-state index in [1.165, 1.54) is 0 Å². The second-order valence-electron chi connectivity index (χ2n) is 6.34. The van der Waals surface area contributed by atoms with Crippen molar-refractivity contribution in [2.24, 2.45) is 0 Å². The number of thiazole rings is 1. The number of pyridine rings is 1. The molecule has 2 N–H and O–H groups in total. The van der Waals surface area contributed by atoms with E-state index in [0.717, 1.165) is 28.4 Å². The Morgan fingerprint density at radius 2 is 1.90 bits per heavy atom. The van der Waals surface area contributed by atoms with Crippen LogP contribution in [-0.2, 0) is 12.6 Å². The summed E-state index contributed by atoms with van der Waals surface area (Å²) in [5.41, 5.74) is -0.139. The van der Waals surface area contributed by atoms with Crippen LogP contribution >= 0.6 is 22.9 Å². The van der Waals surface area contributed by atoms with Crippen LogP contribution in [-0.4, -0.2) is 15.1 Å². The fraction of sp³-hybridized carbons (Fsp3) is 0.100. The summed E-state index contributed by atoms with van der Waals surface area (Å²) in [6.45, 7) is 0. The Morgan fingerprint density at radius 1 is 1.17 bits per heavy atom. The second-order valence-corrected chi connectivity index (χ2v) is 7.82. The van der Waals surface area contributed by atoms with Gasteiger partial charge in [0.05, 0.1) is 10.4 Å². The topological polar surface area (TPSA) is 75.2 Å². The number of ether oxygens (including phenoxy) is 1. The molecule has 0 aliphatic heterocycles. The monoisotopic (exact) mass is 452 g/mol. The van der Waals surface area contributed by atoms with Crippen LogP contribution < -0.4 is 9.61 Å². The highest BCUT2D eigenvalue weighted by Gasteiger charge is 2.32. The van der Waals surface area contributed by atoms with Gasteiger partial charge in [-0.15, -0.1) is 0 Å². The third kappa shape index (κ3) is 3.99. The number of H-pyrrole nitrogens is 1. The zero-order valence-corrected chi connectivity index (χ0v) is 16.5. The number of rotatable bonds is 4. The SMILES string of the molecule is O=c1[nH]c(O)c(Cc2ccc(Oc3ncc(C(F)(F)F)cc3Cl)c3ccccc23)s1. The van der Waals surface area contributed by atoms with E-state index in [1.807, 2.05) is 12.1 Å². The molecule has 0 spiro atoms. The number of hydrogen-bond acceptors (Lipinski definition) is 5. The molecule has 0 atom stereocenters. The third-order valence-electron chi connectivity index (χ3n) is 4.37. The molecule has 0 aliphatic rings. The Kier molecular flexibility index (Phi) is 5.17. The summed E-state index contributed by atoms with van der Waals surface area (Å²) in [7, 11) is 0. The van der Waals surface area contributed by atoms with Crippen LogP contribution in [0.3, 0.4) is 0 Å². The number of benzene rings is 2. The molecule has 4 aromatic rings. The molecular weight excluding hydrogens is 441 g/mol. The predicted octanol–water partition coefficient (Wildman–Crippen LogP) is 5.75. The smallest absolute Gasteiger partial charge is 0.417 e. The van der Waals surface area contributed by atoms with Gasteiger partial charge in [0.2, 0.25) is 11.8 Å². The van der Waals surface area contributed by atoms with E-state index in [1.54, 1.807) is 24.3 Å². The van der Waals surface area contributed by atoms with Crippen molar-refractivity contribution in [1.29, 1.82) is 0 Å². The van der Waals surface area contributed by atoms with Crippen molar-refractivity contribution in [1.82, 2.24) is 9.97 Å². The molecule has 0 bridgehead atoms. The maximum absolute atomic E-state index is 12.8. The average Bonchev–Trinajstić information content (AvgIpc) is 3.01. The fourth-order valence-corrected chi connectivity index (χ4v) is 3.93. The summed E-state index contributed by atoms with van der Waals surface area (Å²) >= 11 is 6.87. The lowest BCUT2D eigenvalue weighted by molar-refractivity contribution is -0.137. The molecule has 2 aromatic heterocycles.